The number of nitrogen functional groups attached to an aromatic ring is 1. The van der Waals surface area contributed by atoms with Crippen LogP contribution in [0.5, 0.6) is 0 Å². The molecule has 1 fully saturated rings. The van der Waals surface area contributed by atoms with E-state index in [4.69, 9.17) is 11.5 Å². The standard InChI is InChI=1S/C12H16BrN3O/c13-8-4-5-10(9(14)7-8)16-6-2-1-3-11(16)12(15)17/h4-5,7,11H,1-3,6,14H2,(H2,15,17). The van der Waals surface area contributed by atoms with Gasteiger partial charge in [0.2, 0.25) is 5.91 Å². The van der Waals surface area contributed by atoms with Gasteiger partial charge in [-0.05, 0) is 37.5 Å². The first-order valence-corrected chi connectivity index (χ1v) is 6.50. The third-order valence-corrected chi connectivity index (χ3v) is 3.62. The largest absolute Gasteiger partial charge is 0.397 e. The molecule has 4 nitrogen and oxygen atoms in total. The molecule has 1 atom stereocenters. The first-order chi connectivity index (χ1) is 8.09. The van der Waals surface area contributed by atoms with Crippen LogP contribution >= 0.6 is 15.9 Å². The molecule has 1 aromatic rings. The Morgan fingerprint density at radius 1 is 1.41 bits per heavy atom. The van der Waals surface area contributed by atoms with Crippen molar-refractivity contribution in [1.29, 1.82) is 0 Å². The number of anilines is 2. The van der Waals surface area contributed by atoms with E-state index in [9.17, 15) is 4.79 Å². The molecule has 0 radical (unpaired) electrons. The molecule has 17 heavy (non-hydrogen) atoms. The lowest BCUT2D eigenvalue weighted by molar-refractivity contribution is -0.119. The normalized spacial score (nSPS) is 20.3. The molecule has 1 aliphatic heterocycles. The number of carbonyl (C=O) groups excluding carboxylic acids is 1. The highest BCUT2D eigenvalue weighted by atomic mass is 79.9. The highest BCUT2D eigenvalue weighted by Gasteiger charge is 2.28. The number of nitrogens with two attached hydrogens (primary N) is 2. The van der Waals surface area contributed by atoms with Gasteiger partial charge in [-0.25, -0.2) is 0 Å². The summed E-state index contributed by atoms with van der Waals surface area (Å²) in [5.74, 6) is -0.271. The Labute approximate surface area is 109 Å². The molecule has 2 rings (SSSR count). The molecule has 1 heterocycles. The summed E-state index contributed by atoms with van der Waals surface area (Å²) in [6.45, 7) is 0.833. The number of carbonyl (C=O) groups is 1. The third kappa shape index (κ3) is 2.54. The molecule has 92 valence electrons. The van der Waals surface area contributed by atoms with E-state index in [0.717, 1.165) is 36.0 Å². The number of amides is 1. The van der Waals surface area contributed by atoms with E-state index in [1.807, 2.05) is 23.1 Å². The Bertz CT molecular complexity index is 436. The molecule has 1 aromatic carbocycles. The summed E-state index contributed by atoms with van der Waals surface area (Å²) >= 11 is 3.37. The second kappa shape index (κ2) is 4.96. The molecule has 4 N–H and O–H groups in total. The number of piperidine rings is 1. The van der Waals surface area contributed by atoms with Gasteiger partial charge in [0, 0.05) is 11.0 Å². The summed E-state index contributed by atoms with van der Waals surface area (Å²) in [5.41, 5.74) is 13.0. The number of hydrogen-bond acceptors (Lipinski definition) is 3. The van der Waals surface area contributed by atoms with Crippen LogP contribution in [0.15, 0.2) is 22.7 Å². The minimum Gasteiger partial charge on any atom is -0.397 e. The zero-order valence-corrected chi connectivity index (χ0v) is 11.1. The fourth-order valence-corrected chi connectivity index (χ4v) is 2.68. The van der Waals surface area contributed by atoms with E-state index < -0.39 is 0 Å². The van der Waals surface area contributed by atoms with E-state index in [-0.39, 0.29) is 11.9 Å². The predicted molar refractivity (Wildman–Crippen MR) is 72.7 cm³/mol. The van der Waals surface area contributed by atoms with E-state index in [0.29, 0.717) is 5.69 Å². The fraction of sp³-hybridized carbons (Fsp3) is 0.417. The lowest BCUT2D eigenvalue weighted by atomic mass is 10.0. The van der Waals surface area contributed by atoms with Crippen LogP contribution in [0.4, 0.5) is 11.4 Å². The first kappa shape index (κ1) is 12.2. The highest BCUT2D eigenvalue weighted by Crippen LogP contribution is 2.31. The van der Waals surface area contributed by atoms with Crippen LogP contribution in [0.1, 0.15) is 19.3 Å². The maximum Gasteiger partial charge on any atom is 0.240 e. The van der Waals surface area contributed by atoms with Crippen LogP contribution in [0.3, 0.4) is 0 Å². The molecule has 0 aliphatic carbocycles. The molecule has 1 unspecified atom stereocenters. The van der Waals surface area contributed by atoms with Gasteiger partial charge in [-0.3, -0.25) is 4.79 Å². The molecule has 5 heteroatoms. The van der Waals surface area contributed by atoms with Crippen molar-refractivity contribution in [2.24, 2.45) is 5.73 Å². The first-order valence-electron chi connectivity index (χ1n) is 5.70. The van der Waals surface area contributed by atoms with E-state index in [2.05, 4.69) is 15.9 Å². The Kier molecular flexibility index (Phi) is 3.57. The Hall–Kier alpha value is -1.23. The van der Waals surface area contributed by atoms with Gasteiger partial charge in [0.05, 0.1) is 11.4 Å². The van der Waals surface area contributed by atoms with Crippen molar-refractivity contribution in [3.05, 3.63) is 22.7 Å². The predicted octanol–water partition coefficient (Wildman–Crippen LogP) is 1.88. The minimum atomic E-state index is -0.271. The summed E-state index contributed by atoms with van der Waals surface area (Å²) in [6.07, 6.45) is 2.92. The van der Waals surface area contributed by atoms with Gasteiger partial charge in [-0.2, -0.15) is 0 Å². The van der Waals surface area contributed by atoms with E-state index in [1.54, 1.807) is 0 Å². The van der Waals surface area contributed by atoms with Crippen molar-refractivity contribution in [2.45, 2.75) is 25.3 Å². The number of hydrogen-bond donors (Lipinski definition) is 2. The smallest absolute Gasteiger partial charge is 0.240 e. The van der Waals surface area contributed by atoms with Gasteiger partial charge < -0.3 is 16.4 Å². The Morgan fingerprint density at radius 3 is 2.82 bits per heavy atom. The molecule has 0 bridgehead atoms. The maximum atomic E-state index is 11.4. The van der Waals surface area contributed by atoms with Crippen molar-refractivity contribution in [3.63, 3.8) is 0 Å². The zero-order chi connectivity index (χ0) is 12.4. The number of rotatable bonds is 2. The summed E-state index contributed by atoms with van der Waals surface area (Å²) < 4.78 is 0.936. The lowest BCUT2D eigenvalue weighted by Crippen LogP contribution is -2.48. The summed E-state index contributed by atoms with van der Waals surface area (Å²) in [7, 11) is 0. The van der Waals surface area contributed by atoms with Crippen LogP contribution in [-0.2, 0) is 4.79 Å². The molecule has 1 aliphatic rings. The number of nitrogens with zero attached hydrogens (tertiary/aromatic N) is 1. The van der Waals surface area contributed by atoms with Gasteiger partial charge >= 0.3 is 0 Å². The zero-order valence-electron chi connectivity index (χ0n) is 9.53. The van der Waals surface area contributed by atoms with Crippen molar-refractivity contribution in [2.75, 3.05) is 17.2 Å². The molecular weight excluding hydrogens is 282 g/mol. The topological polar surface area (TPSA) is 72.4 Å². The minimum absolute atomic E-state index is 0.229. The van der Waals surface area contributed by atoms with Gasteiger partial charge in [0.25, 0.3) is 0 Å². The average molecular weight is 298 g/mol. The average Bonchev–Trinajstić information content (AvgIpc) is 2.29. The summed E-state index contributed by atoms with van der Waals surface area (Å²) in [5, 5.41) is 0. The van der Waals surface area contributed by atoms with E-state index in [1.165, 1.54) is 0 Å². The molecule has 0 spiro atoms. The highest BCUT2D eigenvalue weighted by molar-refractivity contribution is 9.10. The van der Waals surface area contributed by atoms with Gasteiger partial charge in [0.15, 0.2) is 0 Å². The van der Waals surface area contributed by atoms with Gasteiger partial charge in [-0.1, -0.05) is 15.9 Å². The van der Waals surface area contributed by atoms with Crippen LogP contribution in [0.25, 0.3) is 0 Å². The van der Waals surface area contributed by atoms with E-state index >= 15 is 0 Å². The van der Waals surface area contributed by atoms with Crippen LogP contribution in [0, 0.1) is 0 Å². The summed E-state index contributed by atoms with van der Waals surface area (Å²) in [6, 6.07) is 5.48. The van der Waals surface area contributed by atoms with Crippen molar-refractivity contribution >= 4 is 33.2 Å². The quantitative estimate of drug-likeness (QED) is 0.819. The fourth-order valence-electron chi connectivity index (χ4n) is 2.30. The SMILES string of the molecule is NC(=O)C1CCCCN1c1ccc(Br)cc1N. The summed E-state index contributed by atoms with van der Waals surface area (Å²) in [4.78, 5) is 13.5. The molecule has 1 amide bonds. The number of primary amides is 1. The Balaban J connectivity index is 2.32. The second-order valence-electron chi connectivity index (χ2n) is 4.31. The second-order valence-corrected chi connectivity index (χ2v) is 5.23. The third-order valence-electron chi connectivity index (χ3n) is 3.13. The van der Waals surface area contributed by atoms with Crippen LogP contribution < -0.4 is 16.4 Å². The van der Waals surface area contributed by atoms with Crippen molar-refractivity contribution < 1.29 is 4.79 Å². The monoisotopic (exact) mass is 297 g/mol. The Morgan fingerprint density at radius 2 is 2.18 bits per heavy atom. The lowest BCUT2D eigenvalue weighted by Gasteiger charge is -2.36. The van der Waals surface area contributed by atoms with Crippen LogP contribution in [-0.4, -0.2) is 18.5 Å². The number of halogens is 1. The van der Waals surface area contributed by atoms with Crippen LogP contribution in [0.2, 0.25) is 0 Å². The van der Waals surface area contributed by atoms with Crippen molar-refractivity contribution in [3.8, 4) is 0 Å². The molecule has 0 aromatic heterocycles. The number of benzene rings is 1. The van der Waals surface area contributed by atoms with Crippen molar-refractivity contribution in [1.82, 2.24) is 0 Å². The molecule has 0 saturated carbocycles. The van der Waals surface area contributed by atoms with Gasteiger partial charge in [-0.15, -0.1) is 0 Å². The molecular formula is C12H16BrN3O. The maximum absolute atomic E-state index is 11.4. The van der Waals surface area contributed by atoms with Gasteiger partial charge in [0.1, 0.15) is 6.04 Å². The molecule has 1 saturated heterocycles.